The summed E-state index contributed by atoms with van der Waals surface area (Å²) in [5, 5.41) is 0. The number of carbonyl (C=O) groups is 1. The number of nitrogens with zero attached hydrogens (tertiary/aromatic N) is 4. The predicted molar refractivity (Wildman–Crippen MR) is 90.2 cm³/mol. The quantitative estimate of drug-likeness (QED) is 0.813. The number of aromatic nitrogens is 2. The topological polar surface area (TPSA) is 49.3 Å². The van der Waals surface area contributed by atoms with Gasteiger partial charge in [0.05, 0.1) is 0 Å². The van der Waals surface area contributed by atoms with Gasteiger partial charge in [-0.1, -0.05) is 19.9 Å². The van der Waals surface area contributed by atoms with E-state index in [1.807, 2.05) is 12.1 Å². The monoisotopic (exact) mass is 328 g/mol. The summed E-state index contributed by atoms with van der Waals surface area (Å²) in [4.78, 5) is 24.7. The number of rotatable bonds is 3. The zero-order valence-corrected chi connectivity index (χ0v) is 13.9. The molecule has 24 heavy (non-hydrogen) atoms. The fraction of sp³-hybridized carbons (Fsp3) is 0.389. The summed E-state index contributed by atoms with van der Waals surface area (Å²) in [7, 11) is 0. The molecule has 126 valence electrons. The van der Waals surface area contributed by atoms with Gasteiger partial charge in [0.25, 0.3) is 5.91 Å². The molecule has 6 heteroatoms. The summed E-state index contributed by atoms with van der Waals surface area (Å²) in [5.74, 6) is 0.607. The first-order chi connectivity index (χ1) is 11.5. The van der Waals surface area contributed by atoms with E-state index < -0.39 is 5.95 Å². The van der Waals surface area contributed by atoms with Crippen LogP contribution in [0, 0.1) is 11.9 Å². The second-order valence-electron chi connectivity index (χ2n) is 6.42. The van der Waals surface area contributed by atoms with Crippen molar-refractivity contribution < 1.29 is 9.18 Å². The van der Waals surface area contributed by atoms with Crippen LogP contribution < -0.4 is 4.90 Å². The highest BCUT2D eigenvalue weighted by molar-refractivity contribution is 5.94. The van der Waals surface area contributed by atoms with E-state index in [2.05, 4.69) is 28.7 Å². The number of hydrogen-bond donors (Lipinski definition) is 0. The molecule has 0 atom stereocenters. The first-order valence-electron chi connectivity index (χ1n) is 8.14. The lowest BCUT2D eigenvalue weighted by molar-refractivity contribution is 0.0750. The second kappa shape index (κ2) is 6.95. The lowest BCUT2D eigenvalue weighted by Crippen LogP contribution is -2.36. The zero-order chi connectivity index (χ0) is 17.1. The molecule has 0 bridgehead atoms. The van der Waals surface area contributed by atoms with Crippen molar-refractivity contribution in [2.24, 2.45) is 5.92 Å². The molecule has 0 fully saturated rings. The lowest BCUT2D eigenvalue weighted by atomic mass is 10.2. The van der Waals surface area contributed by atoms with Crippen molar-refractivity contribution in [2.45, 2.75) is 20.4 Å². The molecule has 0 saturated carbocycles. The van der Waals surface area contributed by atoms with Crippen molar-refractivity contribution in [3.05, 3.63) is 53.7 Å². The number of pyridine rings is 2. The van der Waals surface area contributed by atoms with Gasteiger partial charge in [-0.3, -0.25) is 4.79 Å². The normalized spacial score (nSPS) is 14.5. The number of hydrogen-bond acceptors (Lipinski definition) is 4. The molecule has 0 saturated heterocycles. The van der Waals surface area contributed by atoms with Gasteiger partial charge in [-0.15, -0.1) is 0 Å². The maximum atomic E-state index is 13.3. The molecule has 0 spiro atoms. The number of carbonyl (C=O) groups excluding carboxylic acids is 1. The van der Waals surface area contributed by atoms with Gasteiger partial charge < -0.3 is 9.80 Å². The molecule has 2 aromatic heterocycles. The van der Waals surface area contributed by atoms with E-state index in [0.717, 1.165) is 17.9 Å². The van der Waals surface area contributed by atoms with E-state index >= 15 is 0 Å². The molecule has 0 aromatic carbocycles. The van der Waals surface area contributed by atoms with Gasteiger partial charge in [0.15, 0.2) is 0 Å². The zero-order valence-electron chi connectivity index (χ0n) is 13.9. The molecule has 5 nitrogen and oxygen atoms in total. The predicted octanol–water partition coefficient (Wildman–Crippen LogP) is 2.73. The van der Waals surface area contributed by atoms with Crippen LogP contribution in [0.15, 0.2) is 36.7 Å². The SMILES string of the molecule is CC(C)CN1CCN(C(=O)c2ccnc(F)c2)Cc2cccnc21. The molecule has 3 heterocycles. The number of amides is 1. The summed E-state index contributed by atoms with van der Waals surface area (Å²) in [6.07, 6.45) is 3.10. The standard InChI is InChI=1S/C18H21FN4O/c1-13(2)11-22-8-9-23(12-15-4-3-6-21-17(15)22)18(24)14-5-7-20-16(19)10-14/h3-7,10,13H,8-9,11-12H2,1-2H3. The third-order valence-electron chi connectivity index (χ3n) is 4.01. The lowest BCUT2D eigenvalue weighted by Gasteiger charge is -2.25. The van der Waals surface area contributed by atoms with E-state index in [1.165, 1.54) is 12.3 Å². The van der Waals surface area contributed by atoms with Crippen LogP contribution in [0.4, 0.5) is 10.2 Å². The minimum atomic E-state index is -0.640. The van der Waals surface area contributed by atoms with Gasteiger partial charge in [0.2, 0.25) is 5.95 Å². The van der Waals surface area contributed by atoms with E-state index in [-0.39, 0.29) is 5.91 Å². The molecule has 2 aromatic rings. The molecule has 0 N–H and O–H groups in total. The third-order valence-corrected chi connectivity index (χ3v) is 4.01. The minimum Gasteiger partial charge on any atom is -0.354 e. The molecule has 0 unspecified atom stereocenters. The fourth-order valence-electron chi connectivity index (χ4n) is 2.98. The Morgan fingerprint density at radius 1 is 1.25 bits per heavy atom. The Labute approximate surface area is 141 Å². The first kappa shape index (κ1) is 16.4. The Balaban J connectivity index is 1.87. The first-order valence-corrected chi connectivity index (χ1v) is 8.14. The summed E-state index contributed by atoms with van der Waals surface area (Å²) in [5.41, 5.74) is 1.34. The summed E-state index contributed by atoms with van der Waals surface area (Å²) in [6, 6.07) is 6.61. The van der Waals surface area contributed by atoms with Crippen molar-refractivity contribution in [1.82, 2.24) is 14.9 Å². The average Bonchev–Trinajstić information content (AvgIpc) is 2.74. The smallest absolute Gasteiger partial charge is 0.254 e. The molecular weight excluding hydrogens is 307 g/mol. The highest BCUT2D eigenvalue weighted by Crippen LogP contribution is 2.24. The van der Waals surface area contributed by atoms with Gasteiger partial charge >= 0.3 is 0 Å². The largest absolute Gasteiger partial charge is 0.354 e. The summed E-state index contributed by atoms with van der Waals surface area (Å²) >= 11 is 0. The molecular formula is C18H21FN4O. The highest BCUT2D eigenvalue weighted by Gasteiger charge is 2.25. The van der Waals surface area contributed by atoms with Crippen molar-refractivity contribution in [3.63, 3.8) is 0 Å². The van der Waals surface area contributed by atoms with Crippen LogP contribution >= 0.6 is 0 Å². The van der Waals surface area contributed by atoms with Crippen molar-refractivity contribution in [2.75, 3.05) is 24.5 Å². The molecule has 1 amide bonds. The van der Waals surface area contributed by atoms with E-state index in [0.29, 0.717) is 31.1 Å². The van der Waals surface area contributed by atoms with Crippen LogP contribution in [0.2, 0.25) is 0 Å². The van der Waals surface area contributed by atoms with Crippen LogP contribution in [-0.2, 0) is 6.54 Å². The molecule has 0 aliphatic carbocycles. The van der Waals surface area contributed by atoms with E-state index in [4.69, 9.17) is 0 Å². The van der Waals surface area contributed by atoms with Crippen molar-refractivity contribution in [3.8, 4) is 0 Å². The molecule has 0 radical (unpaired) electrons. The van der Waals surface area contributed by atoms with Gasteiger partial charge in [0.1, 0.15) is 5.82 Å². The minimum absolute atomic E-state index is 0.183. The van der Waals surface area contributed by atoms with Crippen LogP contribution in [0.25, 0.3) is 0 Å². The van der Waals surface area contributed by atoms with Gasteiger partial charge in [-0.25, -0.2) is 9.97 Å². The van der Waals surface area contributed by atoms with E-state index in [9.17, 15) is 9.18 Å². The Kier molecular flexibility index (Phi) is 4.74. The average molecular weight is 328 g/mol. The number of halogens is 1. The van der Waals surface area contributed by atoms with Gasteiger partial charge in [-0.05, 0) is 18.1 Å². The Hall–Kier alpha value is -2.50. The van der Waals surface area contributed by atoms with Crippen LogP contribution in [0.5, 0.6) is 0 Å². The second-order valence-corrected chi connectivity index (χ2v) is 6.42. The number of anilines is 1. The van der Waals surface area contributed by atoms with Crippen molar-refractivity contribution in [1.29, 1.82) is 0 Å². The maximum Gasteiger partial charge on any atom is 0.254 e. The Morgan fingerprint density at radius 3 is 2.83 bits per heavy atom. The van der Waals surface area contributed by atoms with Gasteiger partial charge in [-0.2, -0.15) is 4.39 Å². The molecule has 1 aliphatic heterocycles. The fourth-order valence-corrected chi connectivity index (χ4v) is 2.98. The summed E-state index contributed by atoms with van der Waals surface area (Å²) in [6.45, 7) is 6.97. The maximum absolute atomic E-state index is 13.3. The van der Waals surface area contributed by atoms with Crippen LogP contribution in [0.3, 0.4) is 0 Å². The Bertz CT molecular complexity index is 734. The molecule has 1 aliphatic rings. The van der Waals surface area contributed by atoms with Crippen molar-refractivity contribution >= 4 is 11.7 Å². The Morgan fingerprint density at radius 2 is 2.08 bits per heavy atom. The van der Waals surface area contributed by atoms with Crippen LogP contribution in [-0.4, -0.2) is 40.4 Å². The van der Waals surface area contributed by atoms with Crippen LogP contribution in [0.1, 0.15) is 29.8 Å². The number of fused-ring (bicyclic) bond motifs is 1. The third kappa shape index (κ3) is 3.53. The summed E-state index contributed by atoms with van der Waals surface area (Å²) < 4.78 is 13.3. The van der Waals surface area contributed by atoms with Gasteiger partial charge in [0, 0.05) is 55.8 Å². The highest BCUT2D eigenvalue weighted by atomic mass is 19.1. The molecule has 3 rings (SSSR count). The van der Waals surface area contributed by atoms with E-state index in [1.54, 1.807) is 17.2 Å².